The van der Waals surface area contributed by atoms with E-state index >= 15 is 0 Å². The maximum atomic E-state index is 10.3. The fraction of sp³-hybridized carbons (Fsp3) is 0.273. The zero-order chi connectivity index (χ0) is 11.4. The number of hydrogen-bond acceptors (Lipinski definition) is 3. The second-order valence-electron chi connectivity index (χ2n) is 3.20. The highest BCUT2D eigenvalue weighted by Gasteiger charge is 2.02. The predicted molar refractivity (Wildman–Crippen MR) is 57.3 cm³/mol. The molecule has 0 saturated carbocycles. The number of carboxylic acid groups (broad SMARTS) is 1. The van der Waals surface area contributed by atoms with Crippen molar-refractivity contribution in [3.63, 3.8) is 0 Å². The Morgan fingerprint density at radius 3 is 2.80 bits per heavy atom. The molecule has 0 amide bonds. The second-order valence-corrected chi connectivity index (χ2v) is 3.20. The summed E-state index contributed by atoms with van der Waals surface area (Å²) in [6.45, 7) is 3.67. The third-order valence-electron chi connectivity index (χ3n) is 1.87. The number of pyridine rings is 1. The molecule has 78 valence electrons. The molecule has 0 atom stereocenters. The van der Waals surface area contributed by atoms with Gasteiger partial charge in [-0.15, -0.1) is 0 Å². The number of aromatic nitrogens is 1. The van der Waals surface area contributed by atoms with E-state index in [2.05, 4.69) is 16.8 Å². The SMILES string of the molecule is Cc1cc(N)nc(C)c1C#CCC(=O)O. The van der Waals surface area contributed by atoms with E-state index in [4.69, 9.17) is 10.8 Å². The number of nitrogens with zero attached hydrogens (tertiary/aromatic N) is 1. The van der Waals surface area contributed by atoms with Gasteiger partial charge in [0.05, 0.1) is 5.69 Å². The van der Waals surface area contributed by atoms with Crippen LogP contribution in [-0.4, -0.2) is 16.1 Å². The number of rotatable bonds is 1. The third kappa shape index (κ3) is 2.99. The number of aliphatic carboxylic acids is 1. The Balaban J connectivity index is 3.03. The number of nitrogens with two attached hydrogens (primary N) is 1. The Labute approximate surface area is 88.1 Å². The Morgan fingerprint density at radius 1 is 1.60 bits per heavy atom. The predicted octanol–water partition coefficient (Wildman–Crippen LogP) is 1.11. The molecule has 0 spiro atoms. The molecule has 0 fully saturated rings. The summed E-state index contributed by atoms with van der Waals surface area (Å²) in [4.78, 5) is 14.3. The molecule has 1 aromatic heterocycles. The normalized spacial score (nSPS) is 9.20. The Kier molecular flexibility index (Phi) is 3.29. The highest BCUT2D eigenvalue weighted by atomic mass is 16.4. The molecule has 0 unspecified atom stereocenters. The van der Waals surface area contributed by atoms with Gasteiger partial charge >= 0.3 is 5.97 Å². The van der Waals surface area contributed by atoms with E-state index in [0.29, 0.717) is 5.82 Å². The van der Waals surface area contributed by atoms with Crippen LogP contribution in [0.3, 0.4) is 0 Å². The smallest absolute Gasteiger partial charge is 0.315 e. The van der Waals surface area contributed by atoms with Crippen LogP contribution in [0.1, 0.15) is 23.2 Å². The summed E-state index contributed by atoms with van der Waals surface area (Å²) in [6, 6.07) is 1.72. The van der Waals surface area contributed by atoms with Gasteiger partial charge < -0.3 is 10.8 Å². The number of anilines is 1. The lowest BCUT2D eigenvalue weighted by atomic mass is 10.1. The average molecular weight is 204 g/mol. The number of carboxylic acids is 1. The molecule has 4 nitrogen and oxygen atoms in total. The highest BCUT2D eigenvalue weighted by molar-refractivity contribution is 5.70. The molecule has 0 aromatic carbocycles. The largest absolute Gasteiger partial charge is 0.481 e. The van der Waals surface area contributed by atoms with Crippen molar-refractivity contribution in [3.05, 3.63) is 22.9 Å². The van der Waals surface area contributed by atoms with Crippen molar-refractivity contribution >= 4 is 11.8 Å². The van der Waals surface area contributed by atoms with Crippen LogP contribution in [0.15, 0.2) is 6.07 Å². The minimum atomic E-state index is -0.929. The van der Waals surface area contributed by atoms with E-state index in [1.54, 1.807) is 13.0 Å². The fourth-order valence-electron chi connectivity index (χ4n) is 1.26. The van der Waals surface area contributed by atoms with Crippen LogP contribution in [0.25, 0.3) is 0 Å². The zero-order valence-electron chi connectivity index (χ0n) is 8.66. The zero-order valence-corrected chi connectivity index (χ0v) is 8.66. The van der Waals surface area contributed by atoms with Gasteiger partial charge in [-0.2, -0.15) is 0 Å². The number of aryl methyl sites for hydroxylation is 2. The first kappa shape index (κ1) is 11.1. The van der Waals surface area contributed by atoms with Gasteiger partial charge in [0.1, 0.15) is 12.2 Å². The van der Waals surface area contributed by atoms with Gasteiger partial charge in [0.2, 0.25) is 0 Å². The first-order valence-electron chi connectivity index (χ1n) is 4.45. The van der Waals surface area contributed by atoms with Gasteiger partial charge in [-0.25, -0.2) is 4.98 Å². The molecule has 0 aliphatic carbocycles. The molecular formula is C11H12N2O2. The van der Waals surface area contributed by atoms with Crippen LogP contribution >= 0.6 is 0 Å². The van der Waals surface area contributed by atoms with Crippen molar-refractivity contribution in [3.8, 4) is 11.8 Å². The summed E-state index contributed by atoms with van der Waals surface area (Å²) < 4.78 is 0. The van der Waals surface area contributed by atoms with Crippen LogP contribution in [0.4, 0.5) is 5.82 Å². The van der Waals surface area contributed by atoms with Gasteiger partial charge in [0, 0.05) is 5.56 Å². The van der Waals surface area contributed by atoms with Crippen molar-refractivity contribution in [1.82, 2.24) is 4.98 Å². The molecule has 0 saturated heterocycles. The van der Waals surface area contributed by atoms with E-state index in [9.17, 15) is 4.79 Å². The molecule has 0 radical (unpaired) electrons. The summed E-state index contributed by atoms with van der Waals surface area (Å²) in [7, 11) is 0. The lowest BCUT2D eigenvalue weighted by Crippen LogP contribution is -1.98. The molecule has 0 bridgehead atoms. The summed E-state index contributed by atoms with van der Waals surface area (Å²) >= 11 is 0. The third-order valence-corrected chi connectivity index (χ3v) is 1.87. The van der Waals surface area contributed by atoms with E-state index < -0.39 is 5.97 Å². The van der Waals surface area contributed by atoms with Crippen molar-refractivity contribution in [2.45, 2.75) is 20.3 Å². The maximum absolute atomic E-state index is 10.3. The number of nitrogen functional groups attached to an aromatic ring is 1. The molecule has 1 aromatic rings. The summed E-state index contributed by atoms with van der Waals surface area (Å²) in [5.74, 6) is 4.89. The Bertz CT molecular complexity index is 432. The highest BCUT2D eigenvalue weighted by Crippen LogP contribution is 2.12. The quantitative estimate of drug-likeness (QED) is 0.672. The van der Waals surface area contributed by atoms with Crippen molar-refractivity contribution < 1.29 is 9.90 Å². The molecular weight excluding hydrogens is 192 g/mol. The van der Waals surface area contributed by atoms with Crippen LogP contribution in [0.5, 0.6) is 0 Å². The second kappa shape index (κ2) is 4.47. The molecule has 3 N–H and O–H groups in total. The van der Waals surface area contributed by atoms with E-state index in [1.165, 1.54) is 0 Å². The fourth-order valence-corrected chi connectivity index (χ4v) is 1.26. The van der Waals surface area contributed by atoms with Crippen molar-refractivity contribution in [1.29, 1.82) is 0 Å². The van der Waals surface area contributed by atoms with Gasteiger partial charge in [0.15, 0.2) is 0 Å². The van der Waals surface area contributed by atoms with Crippen LogP contribution < -0.4 is 5.73 Å². The van der Waals surface area contributed by atoms with E-state index in [-0.39, 0.29) is 6.42 Å². The average Bonchev–Trinajstić information content (AvgIpc) is 2.08. The van der Waals surface area contributed by atoms with Crippen LogP contribution in [0, 0.1) is 25.7 Å². The summed E-state index contributed by atoms with van der Waals surface area (Å²) in [5, 5.41) is 8.44. The summed E-state index contributed by atoms with van der Waals surface area (Å²) in [6.07, 6.45) is -0.163. The van der Waals surface area contributed by atoms with Crippen molar-refractivity contribution in [2.24, 2.45) is 0 Å². The van der Waals surface area contributed by atoms with Crippen LogP contribution in [0.2, 0.25) is 0 Å². The number of carbonyl (C=O) groups is 1. The lowest BCUT2D eigenvalue weighted by molar-refractivity contribution is -0.135. The van der Waals surface area contributed by atoms with Gasteiger partial charge in [-0.3, -0.25) is 4.79 Å². The number of hydrogen-bond donors (Lipinski definition) is 2. The first-order chi connectivity index (χ1) is 7.00. The maximum Gasteiger partial charge on any atom is 0.315 e. The molecule has 1 heterocycles. The minimum absolute atomic E-state index is 0.163. The molecule has 0 aliphatic heterocycles. The summed E-state index contributed by atoms with van der Waals surface area (Å²) in [5.41, 5.74) is 7.95. The molecule has 1 rings (SSSR count). The van der Waals surface area contributed by atoms with Crippen molar-refractivity contribution in [2.75, 3.05) is 5.73 Å². The molecule has 15 heavy (non-hydrogen) atoms. The van der Waals surface area contributed by atoms with Gasteiger partial charge in [-0.1, -0.05) is 11.8 Å². The van der Waals surface area contributed by atoms with Gasteiger partial charge in [-0.05, 0) is 25.5 Å². The van der Waals surface area contributed by atoms with Crippen LogP contribution in [-0.2, 0) is 4.79 Å². The standard InChI is InChI=1S/C11H12N2O2/c1-7-6-10(12)13-8(2)9(7)4-3-5-11(14)15/h6H,5H2,1-2H3,(H2,12,13)(H,14,15). The Hall–Kier alpha value is -2.02. The van der Waals surface area contributed by atoms with E-state index in [0.717, 1.165) is 16.8 Å². The van der Waals surface area contributed by atoms with Gasteiger partial charge in [0.25, 0.3) is 0 Å². The monoisotopic (exact) mass is 204 g/mol. The van der Waals surface area contributed by atoms with E-state index in [1.807, 2.05) is 6.92 Å². The minimum Gasteiger partial charge on any atom is -0.481 e. The first-order valence-corrected chi connectivity index (χ1v) is 4.45. The Morgan fingerprint density at radius 2 is 2.27 bits per heavy atom. The lowest BCUT2D eigenvalue weighted by Gasteiger charge is -2.03. The topological polar surface area (TPSA) is 76.2 Å². The molecule has 0 aliphatic rings. The molecule has 4 heteroatoms.